The zero-order chi connectivity index (χ0) is 20.8. The van der Waals surface area contributed by atoms with E-state index < -0.39 is 11.6 Å². The standard InChI is InChI=1S/C21H25N3O5/c1-14-6-5-11-23(12-14)18(26)13-29-20(28)21-10-9-17(25)24(21)16-8-4-3-7-15(16)19(27)22(21)2/h3-4,7-8,14H,5-6,9-13H2,1-2H3/t14-,21-/m1/s1. The highest BCUT2D eigenvalue weighted by molar-refractivity contribution is 6.15. The third-order valence-corrected chi connectivity index (χ3v) is 6.21. The Hall–Kier alpha value is -2.90. The molecule has 1 aromatic rings. The van der Waals surface area contributed by atoms with Gasteiger partial charge in [0, 0.05) is 33.0 Å². The molecule has 1 aromatic carbocycles. The van der Waals surface area contributed by atoms with Gasteiger partial charge in [-0.05, 0) is 30.9 Å². The molecule has 0 aliphatic carbocycles. The number of hydrogen-bond donors (Lipinski definition) is 0. The van der Waals surface area contributed by atoms with E-state index in [1.807, 2.05) is 0 Å². The molecule has 0 saturated carbocycles. The van der Waals surface area contributed by atoms with Crippen LogP contribution in [0.1, 0.15) is 43.0 Å². The number of esters is 1. The van der Waals surface area contributed by atoms with Crippen molar-refractivity contribution in [3.05, 3.63) is 29.8 Å². The van der Waals surface area contributed by atoms with Gasteiger partial charge in [-0.2, -0.15) is 0 Å². The highest BCUT2D eigenvalue weighted by Gasteiger charge is 2.60. The van der Waals surface area contributed by atoms with Crippen molar-refractivity contribution in [2.24, 2.45) is 5.92 Å². The molecular weight excluding hydrogens is 374 g/mol. The number of nitrogens with zero attached hydrogens (tertiary/aromatic N) is 3. The fraction of sp³-hybridized carbons (Fsp3) is 0.524. The number of likely N-dealkylation sites (N-methyl/N-ethyl adjacent to an activating group) is 1. The zero-order valence-corrected chi connectivity index (χ0v) is 16.7. The number of piperidine rings is 1. The average molecular weight is 399 g/mol. The molecule has 8 heteroatoms. The van der Waals surface area contributed by atoms with Gasteiger partial charge < -0.3 is 14.5 Å². The molecule has 0 N–H and O–H groups in total. The number of rotatable bonds is 3. The second-order valence-electron chi connectivity index (χ2n) is 8.09. The second-order valence-corrected chi connectivity index (χ2v) is 8.09. The molecule has 0 aromatic heterocycles. The van der Waals surface area contributed by atoms with E-state index in [-0.39, 0.29) is 37.2 Å². The second kappa shape index (κ2) is 7.17. The van der Waals surface area contributed by atoms with Crippen molar-refractivity contribution >= 4 is 29.4 Å². The number of amides is 3. The van der Waals surface area contributed by atoms with Crippen LogP contribution in [0.2, 0.25) is 0 Å². The number of carbonyl (C=O) groups is 4. The first-order valence-corrected chi connectivity index (χ1v) is 10.0. The lowest BCUT2D eigenvalue weighted by atomic mass is 9.97. The number of anilines is 1. The highest BCUT2D eigenvalue weighted by Crippen LogP contribution is 2.44. The Balaban J connectivity index is 1.57. The first-order chi connectivity index (χ1) is 13.9. The van der Waals surface area contributed by atoms with Gasteiger partial charge in [0.25, 0.3) is 11.8 Å². The van der Waals surface area contributed by atoms with Crippen LogP contribution in [0.3, 0.4) is 0 Å². The molecule has 3 amide bonds. The molecule has 2 fully saturated rings. The van der Waals surface area contributed by atoms with Gasteiger partial charge in [-0.3, -0.25) is 19.3 Å². The van der Waals surface area contributed by atoms with Crippen molar-refractivity contribution in [2.75, 3.05) is 31.6 Å². The van der Waals surface area contributed by atoms with Crippen molar-refractivity contribution in [1.82, 2.24) is 9.80 Å². The van der Waals surface area contributed by atoms with Crippen LogP contribution in [0.4, 0.5) is 5.69 Å². The molecule has 0 radical (unpaired) electrons. The molecule has 3 aliphatic heterocycles. The minimum atomic E-state index is -1.54. The lowest BCUT2D eigenvalue weighted by Crippen LogP contribution is -2.67. The summed E-state index contributed by atoms with van der Waals surface area (Å²) < 4.78 is 5.40. The Morgan fingerprint density at radius 3 is 2.76 bits per heavy atom. The summed E-state index contributed by atoms with van der Waals surface area (Å²) in [5.41, 5.74) is -0.767. The van der Waals surface area contributed by atoms with E-state index in [1.165, 1.54) is 16.8 Å². The molecule has 154 valence electrons. The third kappa shape index (κ3) is 2.97. The van der Waals surface area contributed by atoms with Crippen molar-refractivity contribution in [1.29, 1.82) is 0 Å². The predicted octanol–water partition coefficient (Wildman–Crippen LogP) is 1.40. The molecule has 0 unspecified atom stereocenters. The van der Waals surface area contributed by atoms with Gasteiger partial charge in [-0.15, -0.1) is 0 Å². The van der Waals surface area contributed by atoms with E-state index in [0.29, 0.717) is 30.3 Å². The number of fused-ring (bicyclic) bond motifs is 3. The summed E-state index contributed by atoms with van der Waals surface area (Å²) in [6.07, 6.45) is 2.27. The Kier molecular flexibility index (Phi) is 4.80. The SMILES string of the molecule is C[C@@H]1CCCN(C(=O)COC(=O)[C@@]23CCC(=O)N2c2ccccc2C(=O)N3C)C1. The van der Waals surface area contributed by atoms with Crippen LogP contribution in [0.5, 0.6) is 0 Å². The van der Waals surface area contributed by atoms with E-state index in [9.17, 15) is 19.2 Å². The third-order valence-electron chi connectivity index (χ3n) is 6.21. The topological polar surface area (TPSA) is 87.2 Å². The Labute approximate surface area is 169 Å². The van der Waals surface area contributed by atoms with Crippen molar-refractivity contribution in [3.8, 4) is 0 Å². The predicted molar refractivity (Wildman–Crippen MR) is 104 cm³/mol. The van der Waals surface area contributed by atoms with Gasteiger partial charge in [-0.25, -0.2) is 4.79 Å². The number of para-hydroxylation sites is 1. The molecule has 3 aliphatic rings. The zero-order valence-electron chi connectivity index (χ0n) is 16.7. The van der Waals surface area contributed by atoms with E-state index in [4.69, 9.17) is 4.74 Å². The minimum absolute atomic E-state index is 0.124. The maximum Gasteiger partial charge on any atom is 0.354 e. The number of benzene rings is 1. The molecule has 0 bridgehead atoms. The molecular formula is C21H25N3O5. The van der Waals surface area contributed by atoms with Gasteiger partial charge in [0.05, 0.1) is 11.3 Å². The van der Waals surface area contributed by atoms with Gasteiger partial charge in [-0.1, -0.05) is 19.1 Å². The Bertz CT molecular complexity index is 885. The van der Waals surface area contributed by atoms with E-state index in [2.05, 4.69) is 6.92 Å². The van der Waals surface area contributed by atoms with E-state index in [0.717, 1.165) is 12.8 Å². The summed E-state index contributed by atoms with van der Waals surface area (Å²) in [4.78, 5) is 55.6. The molecule has 3 heterocycles. The fourth-order valence-corrected chi connectivity index (χ4v) is 4.64. The maximum atomic E-state index is 13.2. The van der Waals surface area contributed by atoms with Crippen LogP contribution in [0.15, 0.2) is 24.3 Å². The van der Waals surface area contributed by atoms with Crippen LogP contribution in [0, 0.1) is 5.92 Å². The number of carbonyl (C=O) groups excluding carboxylic acids is 4. The van der Waals surface area contributed by atoms with E-state index >= 15 is 0 Å². The lowest BCUT2D eigenvalue weighted by molar-refractivity contribution is -0.162. The smallest absolute Gasteiger partial charge is 0.354 e. The average Bonchev–Trinajstić information content (AvgIpc) is 3.08. The van der Waals surface area contributed by atoms with Crippen LogP contribution in [0.25, 0.3) is 0 Å². The van der Waals surface area contributed by atoms with Gasteiger partial charge in [0.1, 0.15) is 0 Å². The Morgan fingerprint density at radius 1 is 1.24 bits per heavy atom. The summed E-state index contributed by atoms with van der Waals surface area (Å²) in [6, 6.07) is 6.73. The number of ether oxygens (including phenoxy) is 1. The van der Waals surface area contributed by atoms with E-state index in [1.54, 1.807) is 29.2 Å². The molecule has 8 nitrogen and oxygen atoms in total. The van der Waals surface area contributed by atoms with Crippen LogP contribution in [-0.4, -0.2) is 65.9 Å². The summed E-state index contributed by atoms with van der Waals surface area (Å²) in [6.45, 7) is 3.01. The lowest BCUT2D eigenvalue weighted by Gasteiger charge is -2.46. The summed E-state index contributed by atoms with van der Waals surface area (Å²) in [5, 5.41) is 0. The summed E-state index contributed by atoms with van der Waals surface area (Å²) in [5.74, 6) is -1.16. The largest absolute Gasteiger partial charge is 0.452 e. The maximum absolute atomic E-state index is 13.2. The van der Waals surface area contributed by atoms with Crippen LogP contribution in [-0.2, 0) is 19.1 Å². The van der Waals surface area contributed by atoms with Crippen LogP contribution < -0.4 is 4.90 Å². The van der Waals surface area contributed by atoms with Gasteiger partial charge in [0.15, 0.2) is 6.61 Å². The van der Waals surface area contributed by atoms with Crippen LogP contribution >= 0.6 is 0 Å². The van der Waals surface area contributed by atoms with Gasteiger partial charge in [0.2, 0.25) is 11.6 Å². The van der Waals surface area contributed by atoms with Crippen molar-refractivity contribution in [2.45, 2.75) is 38.3 Å². The number of hydrogen-bond acceptors (Lipinski definition) is 5. The normalized spacial score (nSPS) is 26.3. The molecule has 29 heavy (non-hydrogen) atoms. The Morgan fingerprint density at radius 2 is 2.00 bits per heavy atom. The molecule has 2 saturated heterocycles. The first-order valence-electron chi connectivity index (χ1n) is 10.0. The minimum Gasteiger partial charge on any atom is -0.452 e. The monoisotopic (exact) mass is 399 g/mol. The van der Waals surface area contributed by atoms with Gasteiger partial charge >= 0.3 is 5.97 Å². The molecule has 0 spiro atoms. The van der Waals surface area contributed by atoms with Crippen molar-refractivity contribution in [3.63, 3.8) is 0 Å². The number of likely N-dealkylation sites (tertiary alicyclic amines) is 1. The fourth-order valence-electron chi connectivity index (χ4n) is 4.64. The first kappa shape index (κ1) is 19.4. The molecule has 4 rings (SSSR count). The quantitative estimate of drug-likeness (QED) is 0.717. The summed E-state index contributed by atoms with van der Waals surface area (Å²) >= 11 is 0. The summed E-state index contributed by atoms with van der Waals surface area (Å²) in [7, 11) is 1.50. The van der Waals surface area contributed by atoms with Crippen molar-refractivity contribution < 1.29 is 23.9 Å². The highest BCUT2D eigenvalue weighted by atomic mass is 16.5. The molecule has 2 atom stereocenters.